The molecule has 1 N–H and O–H groups in total. The Hall–Kier alpha value is -2.71. The number of nitrogens with one attached hydrogen (secondary N) is 1. The first-order valence-corrected chi connectivity index (χ1v) is 8.63. The van der Waals surface area contributed by atoms with E-state index in [1.54, 1.807) is 7.05 Å². The summed E-state index contributed by atoms with van der Waals surface area (Å²) >= 11 is 0. The fourth-order valence-corrected chi connectivity index (χ4v) is 2.67. The molecule has 0 atom stereocenters. The van der Waals surface area contributed by atoms with E-state index in [9.17, 15) is 4.79 Å². The largest absolute Gasteiger partial charge is 0.403 e. The van der Waals surface area contributed by atoms with Crippen molar-refractivity contribution in [2.45, 2.75) is 32.6 Å². The summed E-state index contributed by atoms with van der Waals surface area (Å²) in [6.07, 6.45) is 4.71. The Bertz CT molecular complexity index is 769. The van der Waals surface area contributed by atoms with E-state index in [-0.39, 0.29) is 17.4 Å². The van der Waals surface area contributed by atoms with Gasteiger partial charge < -0.3 is 15.0 Å². The summed E-state index contributed by atoms with van der Waals surface area (Å²) in [5.41, 5.74) is -0.207. The van der Waals surface area contributed by atoms with Gasteiger partial charge in [-0.05, 0) is 19.8 Å². The van der Waals surface area contributed by atoms with Gasteiger partial charge in [-0.1, -0.05) is 12.8 Å². The lowest BCUT2D eigenvalue weighted by Crippen LogP contribution is -2.26. The van der Waals surface area contributed by atoms with Crippen LogP contribution in [0.25, 0.3) is 0 Å². The van der Waals surface area contributed by atoms with Gasteiger partial charge in [0, 0.05) is 38.8 Å². The molecule has 2 aromatic rings. The smallest absolute Gasteiger partial charge is 0.330 e. The van der Waals surface area contributed by atoms with Crippen LogP contribution in [0.2, 0.25) is 0 Å². The van der Waals surface area contributed by atoms with Crippen LogP contribution in [0.15, 0.2) is 16.9 Å². The third-order valence-corrected chi connectivity index (χ3v) is 3.96. The number of aryl methyl sites for hydroxylation is 1. The van der Waals surface area contributed by atoms with Crippen molar-refractivity contribution < 1.29 is 4.74 Å². The Morgan fingerprint density at radius 3 is 2.56 bits per heavy atom. The summed E-state index contributed by atoms with van der Waals surface area (Å²) < 4.78 is 6.87. The zero-order chi connectivity index (χ0) is 17.6. The third kappa shape index (κ3) is 4.43. The zero-order valence-corrected chi connectivity index (χ0v) is 14.6. The normalized spacial score (nSPS) is 14.9. The van der Waals surface area contributed by atoms with Gasteiger partial charge >= 0.3 is 6.01 Å². The maximum Gasteiger partial charge on any atom is 0.330 e. The van der Waals surface area contributed by atoms with Crippen LogP contribution in [0.4, 0.5) is 11.9 Å². The van der Waals surface area contributed by atoms with Gasteiger partial charge in [0.2, 0.25) is 17.8 Å². The van der Waals surface area contributed by atoms with Crippen molar-refractivity contribution in [1.82, 2.24) is 24.7 Å². The van der Waals surface area contributed by atoms with E-state index >= 15 is 0 Å². The molecule has 1 fully saturated rings. The van der Waals surface area contributed by atoms with Crippen molar-refractivity contribution in [3.05, 3.63) is 22.5 Å². The van der Waals surface area contributed by atoms with E-state index in [1.807, 2.05) is 6.92 Å². The number of nitrogens with zero attached hydrogens (tertiary/aromatic N) is 6. The quantitative estimate of drug-likeness (QED) is 0.872. The van der Waals surface area contributed by atoms with Crippen LogP contribution >= 0.6 is 0 Å². The number of anilines is 2. The summed E-state index contributed by atoms with van der Waals surface area (Å²) in [4.78, 5) is 26.8. The predicted octanol–water partition coefficient (Wildman–Crippen LogP) is 1.57. The van der Waals surface area contributed by atoms with E-state index in [2.05, 4.69) is 30.3 Å². The lowest BCUT2D eigenvalue weighted by molar-refractivity contribution is 0.406. The maximum absolute atomic E-state index is 11.4. The highest BCUT2D eigenvalue weighted by Gasteiger charge is 2.16. The highest BCUT2D eigenvalue weighted by atomic mass is 16.5. The van der Waals surface area contributed by atoms with Crippen molar-refractivity contribution in [3.63, 3.8) is 0 Å². The molecule has 1 aliphatic rings. The number of aromatic nitrogens is 5. The number of hydrogen-bond acceptors (Lipinski definition) is 8. The van der Waals surface area contributed by atoms with Crippen LogP contribution in [0, 0.1) is 0 Å². The average molecular weight is 345 g/mol. The third-order valence-electron chi connectivity index (χ3n) is 3.96. The van der Waals surface area contributed by atoms with Crippen LogP contribution in [0.3, 0.4) is 0 Å². The van der Waals surface area contributed by atoms with Gasteiger partial charge in [-0.25, -0.2) is 4.68 Å². The molecule has 0 radical (unpaired) electrons. The number of ether oxygens (including phenoxy) is 1. The van der Waals surface area contributed by atoms with Crippen molar-refractivity contribution in [2.24, 2.45) is 7.05 Å². The minimum Gasteiger partial charge on any atom is -0.403 e. The first-order chi connectivity index (χ1) is 12.2. The van der Waals surface area contributed by atoms with Gasteiger partial charge in [0.25, 0.3) is 5.56 Å². The molecule has 2 aromatic heterocycles. The summed E-state index contributed by atoms with van der Waals surface area (Å²) in [5.74, 6) is 1.34. The molecule has 0 aliphatic carbocycles. The Morgan fingerprint density at radius 2 is 1.88 bits per heavy atom. The van der Waals surface area contributed by atoms with Crippen LogP contribution in [0.5, 0.6) is 11.9 Å². The van der Waals surface area contributed by atoms with Crippen LogP contribution < -0.4 is 20.5 Å². The topological polar surface area (TPSA) is 98.1 Å². The molecule has 0 amide bonds. The molecular formula is C16H23N7O2. The van der Waals surface area contributed by atoms with Crippen LogP contribution in [-0.2, 0) is 7.05 Å². The molecule has 0 unspecified atom stereocenters. The van der Waals surface area contributed by atoms with Gasteiger partial charge in [0.05, 0.1) is 0 Å². The molecule has 1 aliphatic heterocycles. The molecule has 0 spiro atoms. The highest BCUT2D eigenvalue weighted by molar-refractivity contribution is 5.39. The number of hydrogen-bond donors (Lipinski definition) is 1. The van der Waals surface area contributed by atoms with Crippen molar-refractivity contribution in [1.29, 1.82) is 0 Å². The van der Waals surface area contributed by atoms with Gasteiger partial charge in [-0.2, -0.15) is 15.0 Å². The molecule has 3 heterocycles. The second-order valence-electron chi connectivity index (χ2n) is 5.91. The first-order valence-electron chi connectivity index (χ1n) is 8.63. The Morgan fingerprint density at radius 1 is 1.12 bits per heavy atom. The predicted molar refractivity (Wildman–Crippen MR) is 94.2 cm³/mol. The fourth-order valence-electron chi connectivity index (χ4n) is 2.67. The zero-order valence-electron chi connectivity index (χ0n) is 14.6. The summed E-state index contributed by atoms with van der Waals surface area (Å²) in [5, 5.41) is 7.15. The Labute approximate surface area is 146 Å². The molecular weight excluding hydrogens is 322 g/mol. The van der Waals surface area contributed by atoms with E-state index < -0.39 is 0 Å². The average Bonchev–Trinajstić information content (AvgIpc) is 2.88. The van der Waals surface area contributed by atoms with Crippen molar-refractivity contribution >= 4 is 11.9 Å². The van der Waals surface area contributed by atoms with Gasteiger partial charge in [-0.15, -0.1) is 5.10 Å². The summed E-state index contributed by atoms with van der Waals surface area (Å²) in [6.45, 7) is 4.52. The lowest BCUT2D eigenvalue weighted by Gasteiger charge is -2.20. The lowest BCUT2D eigenvalue weighted by atomic mass is 10.2. The molecule has 0 bridgehead atoms. The molecule has 0 saturated carbocycles. The van der Waals surface area contributed by atoms with E-state index in [1.165, 1.54) is 29.7 Å². The van der Waals surface area contributed by atoms with Crippen molar-refractivity contribution in [3.8, 4) is 11.9 Å². The van der Waals surface area contributed by atoms with Crippen molar-refractivity contribution in [2.75, 3.05) is 29.9 Å². The Kier molecular flexibility index (Phi) is 5.42. The fraction of sp³-hybridized carbons (Fsp3) is 0.562. The van der Waals surface area contributed by atoms with Gasteiger partial charge in [-0.3, -0.25) is 4.79 Å². The molecule has 134 valence electrons. The maximum atomic E-state index is 11.4. The molecule has 9 heteroatoms. The number of rotatable bonds is 5. The second-order valence-corrected chi connectivity index (χ2v) is 5.91. The molecule has 3 rings (SSSR count). The van der Waals surface area contributed by atoms with E-state index in [0.717, 1.165) is 25.9 Å². The second kappa shape index (κ2) is 7.91. The van der Waals surface area contributed by atoms with Gasteiger partial charge in [0.1, 0.15) is 0 Å². The molecule has 25 heavy (non-hydrogen) atoms. The Balaban J connectivity index is 1.88. The van der Waals surface area contributed by atoms with Crippen LogP contribution in [-0.4, -0.2) is 44.4 Å². The summed E-state index contributed by atoms with van der Waals surface area (Å²) in [7, 11) is 1.56. The van der Waals surface area contributed by atoms with E-state index in [0.29, 0.717) is 18.4 Å². The SMILES string of the molecule is CCNc1nc(Oc2ccc(=O)n(C)n2)nc(N2CCCCCC2)n1. The van der Waals surface area contributed by atoms with Crippen LogP contribution in [0.1, 0.15) is 32.6 Å². The molecule has 1 saturated heterocycles. The van der Waals surface area contributed by atoms with E-state index in [4.69, 9.17) is 4.74 Å². The monoisotopic (exact) mass is 345 g/mol. The minimum atomic E-state index is -0.207. The highest BCUT2D eigenvalue weighted by Crippen LogP contribution is 2.21. The summed E-state index contributed by atoms with van der Waals surface area (Å²) in [6, 6.07) is 3.06. The first kappa shape index (κ1) is 17.1. The molecule has 0 aromatic carbocycles. The standard InChI is InChI=1S/C16H23N7O2/c1-3-17-14-18-15(23-10-6-4-5-7-11-23)20-16(19-14)25-12-8-9-13(24)22(2)21-12/h8-9H,3-7,10-11H2,1-2H3,(H,17,18,19,20). The minimum absolute atomic E-state index is 0.163. The molecule has 9 nitrogen and oxygen atoms in total. The van der Waals surface area contributed by atoms with Gasteiger partial charge in [0.15, 0.2) is 0 Å².